The maximum absolute atomic E-state index is 5.41. The number of hydrogen-bond acceptors (Lipinski definition) is 3. The zero-order valence-corrected chi connectivity index (χ0v) is 14.9. The maximum Gasteiger partial charge on any atom is 0.0688 e. The molecule has 1 aromatic heterocycles. The van der Waals surface area contributed by atoms with Crippen molar-refractivity contribution in [3.63, 3.8) is 0 Å². The highest BCUT2D eigenvalue weighted by Gasteiger charge is 2.16. The van der Waals surface area contributed by atoms with Gasteiger partial charge in [-0.2, -0.15) is 5.10 Å². The molecule has 2 heterocycles. The van der Waals surface area contributed by atoms with E-state index in [2.05, 4.69) is 55.5 Å². The topological polar surface area (TPSA) is 30.3 Å². The van der Waals surface area contributed by atoms with Gasteiger partial charge in [-0.25, -0.2) is 0 Å². The molecule has 0 spiro atoms. The molecule has 0 aliphatic carbocycles. The Hall–Kier alpha value is -1.39. The number of morpholine rings is 1. The van der Waals surface area contributed by atoms with Crippen molar-refractivity contribution in [2.75, 3.05) is 32.8 Å². The molecule has 1 fully saturated rings. The maximum atomic E-state index is 5.41. The van der Waals surface area contributed by atoms with Gasteiger partial charge in [-0.3, -0.25) is 9.58 Å². The number of rotatable bonds is 4. The van der Waals surface area contributed by atoms with Crippen LogP contribution in [-0.4, -0.2) is 47.5 Å². The first kappa shape index (κ1) is 16.5. The molecule has 4 heteroatoms. The van der Waals surface area contributed by atoms with Gasteiger partial charge < -0.3 is 4.74 Å². The summed E-state index contributed by atoms with van der Waals surface area (Å²) in [5, 5.41) is 6.05. The van der Waals surface area contributed by atoms with Crippen LogP contribution in [0.3, 0.4) is 0 Å². The van der Waals surface area contributed by atoms with E-state index in [4.69, 9.17) is 9.84 Å². The van der Waals surface area contributed by atoms with Crippen LogP contribution in [0.1, 0.15) is 38.4 Å². The van der Waals surface area contributed by atoms with Gasteiger partial charge in [-0.05, 0) is 30.4 Å². The Labute approximate surface area is 139 Å². The third kappa shape index (κ3) is 3.75. The molecule has 1 saturated heterocycles. The summed E-state index contributed by atoms with van der Waals surface area (Å²) in [4.78, 5) is 2.49. The molecule has 0 atom stereocenters. The molecule has 0 amide bonds. The second-order valence-electron chi connectivity index (χ2n) is 7.60. The number of aromatic nitrogens is 2. The summed E-state index contributed by atoms with van der Waals surface area (Å²) in [6.07, 6.45) is 1.13. The average molecular weight is 315 g/mol. The van der Waals surface area contributed by atoms with Gasteiger partial charge >= 0.3 is 0 Å². The Morgan fingerprint density at radius 1 is 1.13 bits per heavy atom. The van der Waals surface area contributed by atoms with Crippen LogP contribution in [0.4, 0.5) is 0 Å². The summed E-state index contributed by atoms with van der Waals surface area (Å²) in [5.74, 6) is 0. The average Bonchev–Trinajstić information content (AvgIpc) is 2.84. The van der Waals surface area contributed by atoms with Gasteiger partial charge in [0.25, 0.3) is 0 Å². The van der Waals surface area contributed by atoms with E-state index in [-0.39, 0.29) is 5.41 Å². The first-order valence-electron chi connectivity index (χ1n) is 8.73. The number of fused-ring (bicyclic) bond motifs is 1. The third-order valence-electron chi connectivity index (χ3n) is 4.75. The smallest absolute Gasteiger partial charge is 0.0688 e. The highest BCUT2D eigenvalue weighted by Crippen LogP contribution is 2.27. The molecule has 2 aromatic rings. The molecule has 4 nitrogen and oxygen atoms in total. The summed E-state index contributed by atoms with van der Waals surface area (Å²) in [6.45, 7) is 14.9. The monoisotopic (exact) mass is 315 g/mol. The predicted molar refractivity (Wildman–Crippen MR) is 95.0 cm³/mol. The fourth-order valence-corrected chi connectivity index (χ4v) is 3.25. The molecule has 0 bridgehead atoms. The Morgan fingerprint density at radius 2 is 1.87 bits per heavy atom. The van der Waals surface area contributed by atoms with Crippen LogP contribution in [0.15, 0.2) is 18.2 Å². The van der Waals surface area contributed by atoms with Crippen molar-refractivity contribution in [1.29, 1.82) is 0 Å². The SMILES string of the molecule is Cc1nn(CCCN2CCOCC2)c2cc(C(C)(C)C)ccc12. The zero-order valence-electron chi connectivity index (χ0n) is 14.9. The molecule has 1 aliphatic rings. The summed E-state index contributed by atoms with van der Waals surface area (Å²) in [7, 11) is 0. The van der Waals surface area contributed by atoms with Crippen LogP contribution in [0.2, 0.25) is 0 Å². The fraction of sp³-hybridized carbons (Fsp3) is 0.632. The van der Waals surface area contributed by atoms with Crippen molar-refractivity contribution in [2.24, 2.45) is 0 Å². The van der Waals surface area contributed by atoms with Crippen LogP contribution < -0.4 is 0 Å². The molecule has 0 N–H and O–H groups in total. The van der Waals surface area contributed by atoms with Crippen molar-refractivity contribution in [1.82, 2.24) is 14.7 Å². The lowest BCUT2D eigenvalue weighted by atomic mass is 9.86. The van der Waals surface area contributed by atoms with Crippen LogP contribution in [-0.2, 0) is 16.7 Å². The van der Waals surface area contributed by atoms with E-state index in [0.717, 1.165) is 51.5 Å². The number of benzene rings is 1. The molecule has 126 valence electrons. The summed E-state index contributed by atoms with van der Waals surface area (Å²) < 4.78 is 7.61. The number of nitrogens with zero attached hydrogens (tertiary/aromatic N) is 3. The largest absolute Gasteiger partial charge is 0.379 e. The zero-order chi connectivity index (χ0) is 16.4. The van der Waals surface area contributed by atoms with Gasteiger partial charge in [0.1, 0.15) is 0 Å². The van der Waals surface area contributed by atoms with Gasteiger partial charge in [-0.15, -0.1) is 0 Å². The quantitative estimate of drug-likeness (QED) is 0.866. The van der Waals surface area contributed by atoms with Crippen molar-refractivity contribution in [2.45, 2.75) is 46.1 Å². The molecule has 0 radical (unpaired) electrons. The van der Waals surface area contributed by atoms with E-state index in [1.165, 1.54) is 16.5 Å². The van der Waals surface area contributed by atoms with Gasteiger partial charge in [0.05, 0.1) is 24.4 Å². The van der Waals surface area contributed by atoms with Gasteiger partial charge in [0.15, 0.2) is 0 Å². The van der Waals surface area contributed by atoms with Crippen molar-refractivity contribution in [3.05, 3.63) is 29.5 Å². The molecular weight excluding hydrogens is 286 g/mol. The number of hydrogen-bond donors (Lipinski definition) is 0. The van der Waals surface area contributed by atoms with Crippen LogP contribution in [0.5, 0.6) is 0 Å². The standard InChI is InChI=1S/C19H29N3O/c1-15-17-7-6-16(19(2,3)4)14-18(17)22(20-15)9-5-8-21-10-12-23-13-11-21/h6-7,14H,5,8-13H2,1-4H3. The molecule has 0 unspecified atom stereocenters. The Balaban J connectivity index is 1.74. The normalized spacial score (nSPS) is 17.0. The molecule has 3 rings (SSSR count). The van der Waals surface area contributed by atoms with E-state index in [1.54, 1.807) is 0 Å². The van der Waals surface area contributed by atoms with Gasteiger partial charge in [0.2, 0.25) is 0 Å². The first-order valence-corrected chi connectivity index (χ1v) is 8.73. The van der Waals surface area contributed by atoms with E-state index < -0.39 is 0 Å². The summed E-state index contributed by atoms with van der Waals surface area (Å²) in [5.41, 5.74) is 3.95. The molecular formula is C19H29N3O. The van der Waals surface area contributed by atoms with E-state index in [1.807, 2.05) is 0 Å². The van der Waals surface area contributed by atoms with Crippen molar-refractivity contribution in [3.8, 4) is 0 Å². The molecule has 1 aromatic carbocycles. The Kier molecular flexibility index (Phi) is 4.74. The van der Waals surface area contributed by atoms with Crippen molar-refractivity contribution >= 4 is 10.9 Å². The highest BCUT2D eigenvalue weighted by molar-refractivity contribution is 5.82. The van der Waals surface area contributed by atoms with Crippen LogP contribution in [0, 0.1) is 6.92 Å². The lowest BCUT2D eigenvalue weighted by Crippen LogP contribution is -2.37. The van der Waals surface area contributed by atoms with E-state index >= 15 is 0 Å². The Bertz CT molecular complexity index is 663. The second kappa shape index (κ2) is 6.62. The van der Waals surface area contributed by atoms with Gasteiger partial charge in [0, 0.05) is 31.6 Å². The van der Waals surface area contributed by atoms with Crippen molar-refractivity contribution < 1.29 is 4.74 Å². The van der Waals surface area contributed by atoms with E-state index in [0.29, 0.717) is 0 Å². The lowest BCUT2D eigenvalue weighted by molar-refractivity contribution is 0.0368. The highest BCUT2D eigenvalue weighted by atomic mass is 16.5. The Morgan fingerprint density at radius 3 is 2.57 bits per heavy atom. The minimum Gasteiger partial charge on any atom is -0.379 e. The fourth-order valence-electron chi connectivity index (χ4n) is 3.25. The first-order chi connectivity index (χ1) is 10.9. The minimum absolute atomic E-state index is 0.172. The van der Waals surface area contributed by atoms with E-state index in [9.17, 15) is 0 Å². The van der Waals surface area contributed by atoms with Crippen LogP contribution >= 0.6 is 0 Å². The number of ether oxygens (including phenoxy) is 1. The molecule has 23 heavy (non-hydrogen) atoms. The van der Waals surface area contributed by atoms with Gasteiger partial charge in [-0.1, -0.05) is 32.9 Å². The molecule has 1 aliphatic heterocycles. The lowest BCUT2D eigenvalue weighted by Gasteiger charge is -2.26. The summed E-state index contributed by atoms with van der Waals surface area (Å²) >= 11 is 0. The minimum atomic E-state index is 0.172. The second-order valence-corrected chi connectivity index (χ2v) is 7.60. The third-order valence-corrected chi connectivity index (χ3v) is 4.75. The van der Waals surface area contributed by atoms with Crippen LogP contribution in [0.25, 0.3) is 10.9 Å². The molecule has 0 saturated carbocycles. The number of aryl methyl sites for hydroxylation is 2. The predicted octanol–water partition coefficient (Wildman–Crippen LogP) is 3.36. The summed E-state index contributed by atoms with van der Waals surface area (Å²) in [6, 6.07) is 6.80.